The Labute approximate surface area is 157 Å². The van der Waals surface area contributed by atoms with Gasteiger partial charge in [0.1, 0.15) is 12.4 Å². The van der Waals surface area contributed by atoms with Gasteiger partial charge in [0.05, 0.1) is 19.8 Å². The zero-order valence-electron chi connectivity index (χ0n) is 16.1. The fraction of sp³-hybridized carbons (Fsp3) is 0.550. The third-order valence-corrected chi connectivity index (χ3v) is 3.52. The summed E-state index contributed by atoms with van der Waals surface area (Å²) in [5, 5.41) is 6.63. The highest BCUT2D eigenvalue weighted by atomic mass is 16.5. The highest BCUT2D eigenvalue weighted by Crippen LogP contribution is 2.18. The van der Waals surface area contributed by atoms with E-state index in [4.69, 9.17) is 14.2 Å². The number of nitrogens with one attached hydrogen (secondary N) is 2. The lowest BCUT2D eigenvalue weighted by atomic mass is 10.2. The van der Waals surface area contributed by atoms with Gasteiger partial charge >= 0.3 is 0 Å². The van der Waals surface area contributed by atoms with Crippen molar-refractivity contribution in [1.82, 2.24) is 10.6 Å². The quantitative estimate of drug-likeness (QED) is 0.230. The van der Waals surface area contributed by atoms with Crippen LogP contribution in [0.2, 0.25) is 0 Å². The number of rotatable bonds is 14. The average Bonchev–Trinajstić information content (AvgIpc) is 2.67. The van der Waals surface area contributed by atoms with Crippen molar-refractivity contribution in [3.05, 3.63) is 42.5 Å². The molecule has 26 heavy (non-hydrogen) atoms. The van der Waals surface area contributed by atoms with Crippen molar-refractivity contribution >= 4 is 5.96 Å². The summed E-state index contributed by atoms with van der Waals surface area (Å²) in [6.07, 6.45) is 3.77. The third-order valence-electron chi connectivity index (χ3n) is 3.52. The summed E-state index contributed by atoms with van der Waals surface area (Å²) in [7, 11) is 1.68. The summed E-state index contributed by atoms with van der Waals surface area (Å²) < 4.78 is 16.1. The molecule has 0 saturated heterocycles. The number of aliphatic imine (C=N–C) groups is 1. The molecule has 0 aliphatic carbocycles. The average molecular weight is 364 g/mol. The molecule has 1 rings (SSSR count). The van der Waals surface area contributed by atoms with Gasteiger partial charge in [-0.25, -0.2) is 4.99 Å². The minimum Gasteiger partial charge on any atom is -0.489 e. The van der Waals surface area contributed by atoms with Crippen molar-refractivity contribution < 1.29 is 14.2 Å². The number of benzene rings is 1. The Morgan fingerprint density at radius 1 is 1.15 bits per heavy atom. The zero-order chi connectivity index (χ0) is 18.9. The Bertz CT molecular complexity index is 521. The molecule has 0 bridgehead atoms. The van der Waals surface area contributed by atoms with Crippen LogP contribution in [-0.4, -0.2) is 52.6 Å². The molecule has 1 aromatic rings. The lowest BCUT2D eigenvalue weighted by Gasteiger charge is -2.12. The molecular formula is C20H33N3O3. The Kier molecular flexibility index (Phi) is 12.9. The standard InChI is InChI=1S/C20H33N3O3/c1-4-13-26-19-11-7-6-10-18(19)17-23-20(21-5-2)22-12-8-9-14-25-16-15-24-3/h4,6-7,10-11H,1,5,8-9,12-17H2,2-3H3,(H2,21,22,23). The van der Waals surface area contributed by atoms with Crippen LogP contribution in [0.1, 0.15) is 25.3 Å². The summed E-state index contributed by atoms with van der Waals surface area (Å²) in [5.74, 6) is 1.66. The van der Waals surface area contributed by atoms with Gasteiger partial charge < -0.3 is 24.8 Å². The van der Waals surface area contributed by atoms with Crippen molar-refractivity contribution in [2.45, 2.75) is 26.3 Å². The number of methoxy groups -OCH3 is 1. The van der Waals surface area contributed by atoms with Crippen LogP contribution in [0.25, 0.3) is 0 Å². The first-order chi connectivity index (χ1) is 12.8. The van der Waals surface area contributed by atoms with Crippen molar-refractivity contribution in [1.29, 1.82) is 0 Å². The number of guanidine groups is 1. The minimum atomic E-state index is 0.492. The SMILES string of the molecule is C=CCOc1ccccc1CN=C(NCC)NCCCCOCCOC. The van der Waals surface area contributed by atoms with Gasteiger partial charge in [0.25, 0.3) is 0 Å². The molecule has 0 saturated carbocycles. The second kappa shape index (κ2) is 15.2. The predicted molar refractivity (Wildman–Crippen MR) is 107 cm³/mol. The molecule has 0 spiro atoms. The molecule has 0 heterocycles. The van der Waals surface area contributed by atoms with E-state index >= 15 is 0 Å². The van der Waals surface area contributed by atoms with Crippen molar-refractivity contribution in [2.75, 3.05) is 46.6 Å². The molecule has 2 N–H and O–H groups in total. The van der Waals surface area contributed by atoms with Crippen LogP contribution in [0.15, 0.2) is 41.9 Å². The van der Waals surface area contributed by atoms with Crippen LogP contribution in [-0.2, 0) is 16.0 Å². The molecule has 0 radical (unpaired) electrons. The second-order valence-electron chi connectivity index (χ2n) is 5.64. The van der Waals surface area contributed by atoms with E-state index in [2.05, 4.69) is 29.1 Å². The highest BCUT2D eigenvalue weighted by Gasteiger charge is 2.03. The van der Waals surface area contributed by atoms with E-state index in [0.717, 1.165) is 49.8 Å². The molecule has 0 fully saturated rings. The van der Waals surface area contributed by atoms with Gasteiger partial charge in [-0.2, -0.15) is 0 Å². The topological polar surface area (TPSA) is 64.1 Å². The normalized spacial score (nSPS) is 11.2. The van der Waals surface area contributed by atoms with Gasteiger partial charge in [-0.05, 0) is 25.8 Å². The van der Waals surface area contributed by atoms with Crippen LogP contribution < -0.4 is 15.4 Å². The number of unbranched alkanes of at least 4 members (excludes halogenated alkanes) is 1. The summed E-state index contributed by atoms with van der Waals surface area (Å²) in [6.45, 7) is 10.5. The lowest BCUT2D eigenvalue weighted by molar-refractivity contribution is 0.0689. The summed E-state index contributed by atoms with van der Waals surface area (Å²) in [6, 6.07) is 7.94. The van der Waals surface area contributed by atoms with Crippen molar-refractivity contribution in [3.63, 3.8) is 0 Å². The van der Waals surface area contributed by atoms with Gasteiger partial charge in [0.15, 0.2) is 5.96 Å². The van der Waals surface area contributed by atoms with E-state index in [1.807, 2.05) is 24.3 Å². The molecular weight excluding hydrogens is 330 g/mol. The maximum Gasteiger partial charge on any atom is 0.191 e. The highest BCUT2D eigenvalue weighted by molar-refractivity contribution is 5.79. The lowest BCUT2D eigenvalue weighted by Crippen LogP contribution is -2.37. The van der Waals surface area contributed by atoms with Crippen molar-refractivity contribution in [2.24, 2.45) is 4.99 Å². The predicted octanol–water partition coefficient (Wildman–Crippen LogP) is 2.75. The van der Waals surface area contributed by atoms with Gasteiger partial charge in [-0.15, -0.1) is 0 Å². The Balaban J connectivity index is 2.40. The summed E-state index contributed by atoms with van der Waals surface area (Å²) in [4.78, 5) is 4.65. The maximum atomic E-state index is 5.68. The Hall–Kier alpha value is -2.05. The van der Waals surface area contributed by atoms with Crippen LogP contribution in [0.5, 0.6) is 5.75 Å². The summed E-state index contributed by atoms with van der Waals surface area (Å²) in [5.41, 5.74) is 1.05. The molecule has 0 aromatic heterocycles. The van der Waals surface area contributed by atoms with Gasteiger partial charge in [-0.3, -0.25) is 0 Å². The van der Waals surface area contributed by atoms with Crippen molar-refractivity contribution in [3.8, 4) is 5.75 Å². The van der Waals surface area contributed by atoms with E-state index in [9.17, 15) is 0 Å². The Morgan fingerprint density at radius 3 is 2.77 bits per heavy atom. The first-order valence-electron chi connectivity index (χ1n) is 9.22. The molecule has 0 amide bonds. The summed E-state index contributed by atoms with van der Waals surface area (Å²) >= 11 is 0. The Morgan fingerprint density at radius 2 is 2.00 bits per heavy atom. The van der Waals surface area contributed by atoms with E-state index < -0.39 is 0 Å². The largest absolute Gasteiger partial charge is 0.489 e. The van der Waals surface area contributed by atoms with Crippen LogP contribution in [0.4, 0.5) is 0 Å². The monoisotopic (exact) mass is 363 g/mol. The molecule has 0 aliphatic rings. The molecule has 146 valence electrons. The van der Waals surface area contributed by atoms with E-state index in [0.29, 0.717) is 26.4 Å². The molecule has 0 atom stereocenters. The maximum absolute atomic E-state index is 5.68. The molecule has 6 nitrogen and oxygen atoms in total. The molecule has 6 heteroatoms. The number of ether oxygens (including phenoxy) is 3. The molecule has 1 aromatic carbocycles. The van der Waals surface area contributed by atoms with E-state index in [-0.39, 0.29) is 0 Å². The van der Waals surface area contributed by atoms with E-state index in [1.165, 1.54) is 0 Å². The smallest absolute Gasteiger partial charge is 0.191 e. The number of para-hydroxylation sites is 1. The van der Waals surface area contributed by atoms with Crippen LogP contribution in [0, 0.1) is 0 Å². The number of hydrogen-bond acceptors (Lipinski definition) is 4. The number of hydrogen-bond donors (Lipinski definition) is 2. The minimum absolute atomic E-state index is 0.492. The van der Waals surface area contributed by atoms with Gasteiger partial charge in [-0.1, -0.05) is 30.9 Å². The first-order valence-corrected chi connectivity index (χ1v) is 9.22. The van der Waals surface area contributed by atoms with E-state index in [1.54, 1.807) is 13.2 Å². The van der Waals surface area contributed by atoms with Gasteiger partial charge in [0.2, 0.25) is 0 Å². The molecule has 0 aliphatic heterocycles. The fourth-order valence-corrected chi connectivity index (χ4v) is 2.21. The number of nitrogens with zero attached hydrogens (tertiary/aromatic N) is 1. The molecule has 0 unspecified atom stereocenters. The van der Waals surface area contributed by atoms with Crippen LogP contribution in [0.3, 0.4) is 0 Å². The third kappa shape index (κ3) is 10.1. The fourth-order valence-electron chi connectivity index (χ4n) is 2.21. The first kappa shape index (κ1) is 22.0. The second-order valence-corrected chi connectivity index (χ2v) is 5.64. The zero-order valence-corrected chi connectivity index (χ0v) is 16.1. The van der Waals surface area contributed by atoms with Gasteiger partial charge in [0, 0.05) is 32.4 Å². The van der Waals surface area contributed by atoms with Crippen LogP contribution >= 0.6 is 0 Å².